The molecule has 1 saturated heterocycles. The highest BCUT2D eigenvalue weighted by Crippen LogP contribution is 2.15. The summed E-state index contributed by atoms with van der Waals surface area (Å²) in [4.78, 5) is 19.5. The summed E-state index contributed by atoms with van der Waals surface area (Å²) in [5.74, 6) is 0.416. The number of rotatable bonds is 2. The van der Waals surface area contributed by atoms with Crippen LogP contribution < -0.4 is 10.6 Å². The van der Waals surface area contributed by atoms with E-state index in [0.29, 0.717) is 5.96 Å². The minimum absolute atomic E-state index is 0.0919. The maximum atomic E-state index is 11.6. The number of carbonyl (C=O) groups excluding carboxylic acids is 1. The minimum atomic E-state index is -0.383. The van der Waals surface area contributed by atoms with E-state index in [2.05, 4.69) is 20.6 Å². The number of nitrogens with zero attached hydrogens (tertiary/aromatic N) is 3. The highest BCUT2D eigenvalue weighted by Gasteiger charge is 2.31. The predicted molar refractivity (Wildman–Crippen MR) is 55.3 cm³/mol. The second kappa shape index (κ2) is 3.72. The molecular formula is C9H13N5O. The van der Waals surface area contributed by atoms with Crippen LogP contribution in [0.3, 0.4) is 0 Å². The fraction of sp³-hybridized carbons (Fsp3) is 0.444. The Bertz CT molecular complexity index is 408. The van der Waals surface area contributed by atoms with Crippen LogP contribution in [0.4, 0.5) is 0 Å². The molecule has 1 fully saturated rings. The first-order chi connectivity index (χ1) is 7.26. The Hall–Kier alpha value is -1.85. The van der Waals surface area contributed by atoms with Gasteiger partial charge in [0.2, 0.25) is 0 Å². The Morgan fingerprint density at radius 3 is 3.07 bits per heavy atom. The van der Waals surface area contributed by atoms with Crippen molar-refractivity contribution in [1.29, 1.82) is 0 Å². The van der Waals surface area contributed by atoms with E-state index < -0.39 is 0 Å². The summed E-state index contributed by atoms with van der Waals surface area (Å²) in [5, 5.41) is 5.65. The van der Waals surface area contributed by atoms with Crippen LogP contribution in [-0.2, 0) is 11.3 Å². The van der Waals surface area contributed by atoms with Gasteiger partial charge in [-0.3, -0.25) is 15.1 Å². The number of amides is 1. The lowest BCUT2D eigenvalue weighted by molar-refractivity contribution is -0.120. The minimum Gasteiger partial charge on any atom is -0.339 e. The van der Waals surface area contributed by atoms with Crippen LogP contribution in [0.5, 0.6) is 0 Å². The van der Waals surface area contributed by atoms with Gasteiger partial charge in [0, 0.05) is 13.6 Å². The van der Waals surface area contributed by atoms with Crippen molar-refractivity contribution in [3.63, 3.8) is 0 Å². The van der Waals surface area contributed by atoms with Gasteiger partial charge in [-0.2, -0.15) is 0 Å². The molecule has 1 unspecified atom stereocenters. The van der Waals surface area contributed by atoms with Crippen molar-refractivity contribution in [2.75, 3.05) is 7.05 Å². The zero-order chi connectivity index (χ0) is 10.8. The van der Waals surface area contributed by atoms with E-state index in [1.165, 1.54) is 0 Å². The van der Waals surface area contributed by atoms with Crippen molar-refractivity contribution in [2.24, 2.45) is 4.99 Å². The van der Waals surface area contributed by atoms with Crippen molar-refractivity contribution in [1.82, 2.24) is 20.2 Å². The van der Waals surface area contributed by atoms with Crippen LogP contribution >= 0.6 is 0 Å². The van der Waals surface area contributed by atoms with Crippen LogP contribution in [0, 0.1) is 0 Å². The lowest BCUT2D eigenvalue weighted by Crippen LogP contribution is -2.25. The van der Waals surface area contributed by atoms with E-state index >= 15 is 0 Å². The summed E-state index contributed by atoms with van der Waals surface area (Å²) in [5.41, 5.74) is 0.855. The second-order valence-electron chi connectivity index (χ2n) is 3.24. The highest BCUT2D eigenvalue weighted by molar-refractivity contribution is 6.06. The molecular weight excluding hydrogens is 194 g/mol. The smallest absolute Gasteiger partial charge is 0.255 e. The molecule has 0 saturated carbocycles. The molecule has 6 heteroatoms. The lowest BCUT2D eigenvalue weighted by Gasteiger charge is -2.09. The van der Waals surface area contributed by atoms with Crippen LogP contribution in [-0.4, -0.2) is 28.5 Å². The van der Waals surface area contributed by atoms with E-state index in [4.69, 9.17) is 0 Å². The number of carbonyl (C=O) groups is 1. The lowest BCUT2D eigenvalue weighted by atomic mass is 10.2. The van der Waals surface area contributed by atoms with Crippen LogP contribution in [0.15, 0.2) is 17.5 Å². The number of hydrogen-bond acceptors (Lipinski definition) is 3. The summed E-state index contributed by atoms with van der Waals surface area (Å²) in [7, 11) is 1.63. The maximum absolute atomic E-state index is 11.6. The fourth-order valence-corrected chi connectivity index (χ4v) is 1.59. The average Bonchev–Trinajstić information content (AvgIpc) is 2.82. The largest absolute Gasteiger partial charge is 0.339 e. The molecule has 0 bridgehead atoms. The molecule has 1 aliphatic heterocycles. The van der Waals surface area contributed by atoms with Gasteiger partial charge in [-0.05, 0) is 6.92 Å². The van der Waals surface area contributed by atoms with Crippen molar-refractivity contribution >= 4 is 11.9 Å². The van der Waals surface area contributed by atoms with Crippen molar-refractivity contribution < 1.29 is 4.79 Å². The Morgan fingerprint density at radius 2 is 2.47 bits per heavy atom. The van der Waals surface area contributed by atoms with Crippen molar-refractivity contribution in [3.8, 4) is 0 Å². The summed E-state index contributed by atoms with van der Waals surface area (Å²) >= 11 is 0. The van der Waals surface area contributed by atoms with Gasteiger partial charge in [0.1, 0.15) is 0 Å². The third-order valence-corrected chi connectivity index (χ3v) is 2.39. The molecule has 1 aromatic heterocycles. The summed E-state index contributed by atoms with van der Waals surface area (Å²) < 4.78 is 1.93. The molecule has 6 nitrogen and oxygen atoms in total. The zero-order valence-corrected chi connectivity index (χ0v) is 8.69. The van der Waals surface area contributed by atoms with Crippen LogP contribution in [0.25, 0.3) is 0 Å². The Balaban J connectivity index is 2.29. The number of imidazole rings is 1. The molecule has 80 valence electrons. The molecule has 1 aromatic rings. The molecule has 2 rings (SSSR count). The molecule has 0 radical (unpaired) electrons. The number of aromatic nitrogens is 2. The Kier molecular flexibility index (Phi) is 2.40. The fourth-order valence-electron chi connectivity index (χ4n) is 1.59. The average molecular weight is 207 g/mol. The van der Waals surface area contributed by atoms with E-state index in [0.717, 1.165) is 12.2 Å². The van der Waals surface area contributed by atoms with Gasteiger partial charge in [0.15, 0.2) is 12.0 Å². The molecule has 1 aliphatic rings. The first-order valence-electron chi connectivity index (χ1n) is 4.80. The zero-order valence-electron chi connectivity index (χ0n) is 8.69. The number of aliphatic imine (C=N–C) groups is 1. The van der Waals surface area contributed by atoms with Gasteiger partial charge in [-0.25, -0.2) is 4.98 Å². The molecule has 15 heavy (non-hydrogen) atoms. The molecule has 0 spiro atoms. The van der Waals surface area contributed by atoms with Gasteiger partial charge in [0.25, 0.3) is 5.91 Å². The van der Waals surface area contributed by atoms with Gasteiger partial charge >= 0.3 is 0 Å². The summed E-state index contributed by atoms with van der Waals surface area (Å²) in [6.07, 6.45) is 3.41. The molecule has 2 N–H and O–H groups in total. The van der Waals surface area contributed by atoms with Gasteiger partial charge in [0.05, 0.1) is 18.2 Å². The van der Waals surface area contributed by atoms with E-state index in [1.807, 2.05) is 11.5 Å². The molecule has 0 aliphatic carbocycles. The van der Waals surface area contributed by atoms with Gasteiger partial charge in [-0.15, -0.1) is 0 Å². The summed E-state index contributed by atoms with van der Waals surface area (Å²) in [6, 6.07) is -0.383. The Morgan fingerprint density at radius 1 is 1.67 bits per heavy atom. The first kappa shape index (κ1) is 9.70. The van der Waals surface area contributed by atoms with Gasteiger partial charge in [-0.1, -0.05) is 0 Å². The third-order valence-electron chi connectivity index (χ3n) is 2.39. The number of aryl methyl sites for hydroxylation is 1. The quantitative estimate of drug-likeness (QED) is 0.696. The van der Waals surface area contributed by atoms with E-state index in [-0.39, 0.29) is 11.9 Å². The third kappa shape index (κ3) is 1.58. The molecule has 0 aromatic carbocycles. The van der Waals surface area contributed by atoms with E-state index in [9.17, 15) is 4.79 Å². The highest BCUT2D eigenvalue weighted by atomic mass is 16.2. The second-order valence-corrected chi connectivity index (χ2v) is 3.24. The predicted octanol–water partition coefficient (Wildman–Crippen LogP) is -0.351. The number of hydrogen-bond donors (Lipinski definition) is 2. The molecule has 2 heterocycles. The standard InChI is InChI=1S/C9H13N5O/c1-3-14-5-11-4-6(14)7-8(15)13-9(10-2)12-7/h4-5,7H,3H2,1-2H3,(H2,10,12,13,15). The van der Waals surface area contributed by atoms with Gasteiger partial charge < -0.3 is 9.88 Å². The Labute approximate surface area is 87.4 Å². The normalized spacial score (nSPS) is 22.9. The van der Waals surface area contributed by atoms with E-state index in [1.54, 1.807) is 19.6 Å². The maximum Gasteiger partial charge on any atom is 0.255 e. The molecule has 1 amide bonds. The SMILES string of the molecule is CCn1cncc1C1NC(=NC)NC1=O. The van der Waals surface area contributed by atoms with Crippen LogP contribution in [0.1, 0.15) is 18.7 Å². The topological polar surface area (TPSA) is 71.3 Å². The first-order valence-corrected chi connectivity index (χ1v) is 4.80. The summed E-state index contributed by atoms with van der Waals surface area (Å²) in [6.45, 7) is 2.80. The molecule has 1 atom stereocenters. The number of guanidine groups is 1. The number of nitrogens with one attached hydrogen (secondary N) is 2. The monoisotopic (exact) mass is 207 g/mol. The van der Waals surface area contributed by atoms with Crippen LogP contribution in [0.2, 0.25) is 0 Å². The van der Waals surface area contributed by atoms with Crippen molar-refractivity contribution in [2.45, 2.75) is 19.5 Å². The van der Waals surface area contributed by atoms with Crippen molar-refractivity contribution in [3.05, 3.63) is 18.2 Å².